The minimum absolute atomic E-state index is 0.0511. The maximum Gasteiger partial charge on any atom is 0.379 e. The van der Waals surface area contributed by atoms with Gasteiger partial charge in [-0.3, -0.25) is 4.79 Å². The SMILES string of the molecule is CCC(=O)c1ccc(OC(=O)c2cc3ccccc3o2)cc1. The molecule has 4 nitrogen and oxygen atoms in total. The van der Waals surface area contributed by atoms with Gasteiger partial charge >= 0.3 is 5.97 Å². The summed E-state index contributed by atoms with van der Waals surface area (Å²) in [4.78, 5) is 23.6. The van der Waals surface area contributed by atoms with Crippen molar-refractivity contribution in [1.82, 2.24) is 0 Å². The first-order chi connectivity index (χ1) is 10.7. The van der Waals surface area contributed by atoms with Crippen molar-refractivity contribution in [3.8, 4) is 5.75 Å². The van der Waals surface area contributed by atoms with Gasteiger partial charge in [-0.2, -0.15) is 0 Å². The zero-order chi connectivity index (χ0) is 15.5. The summed E-state index contributed by atoms with van der Waals surface area (Å²) in [6, 6.07) is 15.5. The molecule has 1 heterocycles. The molecule has 4 heteroatoms. The number of carbonyl (C=O) groups excluding carboxylic acids is 2. The number of carbonyl (C=O) groups is 2. The molecular formula is C18H14O4. The van der Waals surface area contributed by atoms with Gasteiger partial charge in [0.25, 0.3) is 0 Å². The number of furan rings is 1. The Morgan fingerprint density at radius 3 is 2.45 bits per heavy atom. The van der Waals surface area contributed by atoms with Crippen LogP contribution in [0.25, 0.3) is 11.0 Å². The summed E-state index contributed by atoms with van der Waals surface area (Å²) in [7, 11) is 0. The van der Waals surface area contributed by atoms with Crippen LogP contribution in [0.3, 0.4) is 0 Å². The van der Waals surface area contributed by atoms with Gasteiger partial charge in [0, 0.05) is 17.4 Å². The number of ketones is 1. The van der Waals surface area contributed by atoms with Crippen LogP contribution in [0.1, 0.15) is 34.3 Å². The van der Waals surface area contributed by atoms with E-state index in [2.05, 4.69) is 0 Å². The largest absolute Gasteiger partial charge is 0.449 e. The number of esters is 1. The van der Waals surface area contributed by atoms with Crippen molar-refractivity contribution in [2.75, 3.05) is 0 Å². The zero-order valence-corrected chi connectivity index (χ0v) is 12.0. The van der Waals surface area contributed by atoms with Gasteiger partial charge in [0.2, 0.25) is 5.76 Å². The molecule has 0 aliphatic carbocycles. The average molecular weight is 294 g/mol. The van der Waals surface area contributed by atoms with Crippen LogP contribution in [0.2, 0.25) is 0 Å². The van der Waals surface area contributed by atoms with Crippen LogP contribution < -0.4 is 4.74 Å². The van der Waals surface area contributed by atoms with Gasteiger partial charge in [-0.25, -0.2) is 4.79 Å². The van der Waals surface area contributed by atoms with Gasteiger partial charge in [-0.05, 0) is 36.4 Å². The second kappa shape index (κ2) is 5.85. The third kappa shape index (κ3) is 2.76. The summed E-state index contributed by atoms with van der Waals surface area (Å²) in [5.41, 5.74) is 1.24. The second-order valence-electron chi connectivity index (χ2n) is 4.84. The number of benzene rings is 2. The molecule has 0 radical (unpaired) electrons. The number of Topliss-reactive ketones (excluding diaryl/α,β-unsaturated/α-hetero) is 1. The fourth-order valence-electron chi connectivity index (χ4n) is 2.15. The molecule has 1 aromatic heterocycles. The first kappa shape index (κ1) is 14.1. The quantitative estimate of drug-likeness (QED) is 0.410. The van der Waals surface area contributed by atoms with Gasteiger partial charge in [0.1, 0.15) is 11.3 Å². The van der Waals surface area contributed by atoms with Crippen LogP contribution in [-0.4, -0.2) is 11.8 Å². The lowest BCUT2D eigenvalue weighted by atomic mass is 10.1. The molecule has 0 atom stereocenters. The lowest BCUT2D eigenvalue weighted by Crippen LogP contribution is -2.07. The van der Waals surface area contributed by atoms with E-state index in [4.69, 9.17) is 9.15 Å². The number of hydrogen-bond donors (Lipinski definition) is 0. The highest BCUT2D eigenvalue weighted by molar-refractivity contribution is 5.96. The number of fused-ring (bicyclic) bond motifs is 1. The van der Waals surface area contributed by atoms with Crippen molar-refractivity contribution in [3.05, 3.63) is 65.9 Å². The third-order valence-corrected chi connectivity index (χ3v) is 3.33. The molecule has 0 N–H and O–H groups in total. The van der Waals surface area contributed by atoms with E-state index < -0.39 is 5.97 Å². The molecule has 3 aromatic rings. The van der Waals surface area contributed by atoms with E-state index in [9.17, 15) is 9.59 Å². The van der Waals surface area contributed by atoms with Crippen LogP contribution in [0, 0.1) is 0 Å². The molecule has 110 valence electrons. The van der Waals surface area contributed by atoms with Crippen LogP contribution in [-0.2, 0) is 0 Å². The number of para-hydroxylation sites is 1. The fourth-order valence-corrected chi connectivity index (χ4v) is 2.15. The monoisotopic (exact) mass is 294 g/mol. The predicted molar refractivity (Wildman–Crippen MR) is 82.2 cm³/mol. The second-order valence-corrected chi connectivity index (χ2v) is 4.84. The molecule has 0 aliphatic heterocycles. The molecule has 0 unspecified atom stereocenters. The van der Waals surface area contributed by atoms with E-state index in [0.717, 1.165) is 5.39 Å². The highest BCUT2D eigenvalue weighted by Crippen LogP contribution is 2.21. The van der Waals surface area contributed by atoms with Gasteiger partial charge in [0.15, 0.2) is 5.78 Å². The van der Waals surface area contributed by atoms with Crippen LogP contribution in [0.4, 0.5) is 0 Å². The Balaban J connectivity index is 1.77. The lowest BCUT2D eigenvalue weighted by Gasteiger charge is -2.03. The number of hydrogen-bond acceptors (Lipinski definition) is 4. The summed E-state index contributed by atoms with van der Waals surface area (Å²) in [6.45, 7) is 1.80. The Kier molecular flexibility index (Phi) is 3.74. The highest BCUT2D eigenvalue weighted by Gasteiger charge is 2.14. The highest BCUT2D eigenvalue weighted by atomic mass is 16.5. The molecule has 0 saturated carbocycles. The molecule has 22 heavy (non-hydrogen) atoms. The van der Waals surface area contributed by atoms with E-state index in [1.165, 1.54) is 0 Å². The summed E-state index contributed by atoms with van der Waals surface area (Å²) in [6.07, 6.45) is 0.443. The molecule has 0 bridgehead atoms. The van der Waals surface area contributed by atoms with Crippen LogP contribution in [0.5, 0.6) is 5.75 Å². The van der Waals surface area contributed by atoms with Crippen molar-refractivity contribution in [3.63, 3.8) is 0 Å². The third-order valence-electron chi connectivity index (χ3n) is 3.33. The normalized spacial score (nSPS) is 10.6. The molecule has 0 saturated heterocycles. The first-order valence-corrected chi connectivity index (χ1v) is 7.01. The molecule has 0 spiro atoms. The van der Waals surface area contributed by atoms with Crippen LogP contribution in [0.15, 0.2) is 59.0 Å². The Morgan fingerprint density at radius 1 is 1.05 bits per heavy atom. The van der Waals surface area contributed by atoms with E-state index >= 15 is 0 Å². The Bertz CT molecular complexity index is 795. The van der Waals surface area contributed by atoms with E-state index in [1.807, 2.05) is 18.2 Å². The van der Waals surface area contributed by atoms with Gasteiger partial charge in [-0.1, -0.05) is 25.1 Å². The maximum atomic E-state index is 12.1. The zero-order valence-electron chi connectivity index (χ0n) is 12.0. The van der Waals surface area contributed by atoms with Crippen molar-refractivity contribution in [1.29, 1.82) is 0 Å². The molecule has 3 rings (SSSR count). The lowest BCUT2D eigenvalue weighted by molar-refractivity contribution is 0.0704. The van der Waals surface area contributed by atoms with Crippen molar-refractivity contribution in [2.45, 2.75) is 13.3 Å². The van der Waals surface area contributed by atoms with Gasteiger partial charge in [0.05, 0.1) is 0 Å². The molecular weight excluding hydrogens is 280 g/mol. The van der Waals surface area contributed by atoms with Crippen molar-refractivity contribution in [2.24, 2.45) is 0 Å². The first-order valence-electron chi connectivity index (χ1n) is 7.01. The molecule has 2 aromatic carbocycles. The Morgan fingerprint density at radius 2 is 1.77 bits per heavy atom. The van der Waals surface area contributed by atoms with Crippen LogP contribution >= 0.6 is 0 Å². The maximum absolute atomic E-state index is 12.1. The minimum atomic E-state index is -0.564. The van der Waals surface area contributed by atoms with E-state index in [-0.39, 0.29) is 11.5 Å². The number of rotatable bonds is 4. The summed E-state index contributed by atoms with van der Waals surface area (Å²) < 4.78 is 10.7. The van der Waals surface area contributed by atoms with Crippen molar-refractivity contribution < 1.29 is 18.7 Å². The summed E-state index contributed by atoms with van der Waals surface area (Å²) in [5.74, 6) is 0.00829. The number of ether oxygens (including phenoxy) is 1. The Hall–Kier alpha value is -2.88. The minimum Gasteiger partial charge on any atom is -0.449 e. The van der Waals surface area contributed by atoms with E-state index in [1.54, 1.807) is 43.3 Å². The average Bonchev–Trinajstić information content (AvgIpc) is 2.99. The van der Waals surface area contributed by atoms with Gasteiger partial charge in [-0.15, -0.1) is 0 Å². The van der Waals surface area contributed by atoms with Gasteiger partial charge < -0.3 is 9.15 Å². The van der Waals surface area contributed by atoms with E-state index in [0.29, 0.717) is 23.3 Å². The molecule has 0 amide bonds. The smallest absolute Gasteiger partial charge is 0.379 e. The van der Waals surface area contributed by atoms with Crippen molar-refractivity contribution >= 4 is 22.7 Å². The molecule has 0 fully saturated rings. The topological polar surface area (TPSA) is 56.5 Å². The predicted octanol–water partition coefficient (Wildman–Crippen LogP) is 4.24. The molecule has 0 aliphatic rings. The standard InChI is InChI=1S/C18H14O4/c1-2-15(19)12-7-9-14(10-8-12)21-18(20)17-11-13-5-3-4-6-16(13)22-17/h3-11H,2H2,1H3. The summed E-state index contributed by atoms with van der Waals surface area (Å²) in [5, 5.41) is 0.846. The fraction of sp³-hybridized carbons (Fsp3) is 0.111. The summed E-state index contributed by atoms with van der Waals surface area (Å²) >= 11 is 0. The Labute approximate surface area is 127 Å².